The molecule has 2 heterocycles. The summed E-state index contributed by atoms with van der Waals surface area (Å²) in [5, 5.41) is 13.8. The van der Waals surface area contributed by atoms with E-state index in [1.54, 1.807) is 10.9 Å². The summed E-state index contributed by atoms with van der Waals surface area (Å²) in [6.07, 6.45) is 2.46. The summed E-state index contributed by atoms with van der Waals surface area (Å²) in [6.45, 7) is 4.22. The van der Waals surface area contributed by atoms with Crippen LogP contribution < -0.4 is 11.1 Å². The molecule has 2 aromatic heterocycles. The number of nitrogens with zero attached hydrogens (tertiary/aromatic N) is 3. The molecule has 1 amide bonds. The van der Waals surface area contributed by atoms with Gasteiger partial charge in [0.2, 0.25) is 5.91 Å². The number of rotatable bonds is 5. The van der Waals surface area contributed by atoms with E-state index in [1.165, 1.54) is 0 Å². The van der Waals surface area contributed by atoms with Crippen molar-refractivity contribution < 1.29 is 4.79 Å². The lowest BCUT2D eigenvalue weighted by atomic mass is 10.1. The highest BCUT2D eigenvalue weighted by Gasteiger charge is 2.21. The van der Waals surface area contributed by atoms with E-state index in [0.29, 0.717) is 6.54 Å². The predicted octanol–water partition coefficient (Wildman–Crippen LogP) is 0.119. The van der Waals surface area contributed by atoms with Crippen LogP contribution in [0.1, 0.15) is 28.7 Å². The molecular formula is C13H20N6O. The Bertz CT molecular complexity index is 580. The number of nitrogens with one attached hydrogen (secondary N) is 2. The van der Waals surface area contributed by atoms with Gasteiger partial charge in [-0.1, -0.05) is 0 Å². The summed E-state index contributed by atoms with van der Waals surface area (Å²) in [4.78, 5) is 12.1. The standard InChI is InChI=1S/C13H20N6O/c1-8-11(9(2)18-17-8)12(14)13(20)15-6-4-10-5-7-16-19(10)3/h5,7,12H,4,6,14H2,1-3H3,(H,15,20)(H,17,18)/t12-/m1/s1. The maximum atomic E-state index is 12.1. The summed E-state index contributed by atoms with van der Waals surface area (Å²) in [5.74, 6) is -0.195. The van der Waals surface area contributed by atoms with Crippen molar-refractivity contribution in [2.45, 2.75) is 26.3 Å². The molecule has 0 aliphatic rings. The van der Waals surface area contributed by atoms with Crippen LogP contribution in [0.25, 0.3) is 0 Å². The van der Waals surface area contributed by atoms with Crippen molar-refractivity contribution >= 4 is 5.91 Å². The quantitative estimate of drug-likeness (QED) is 0.721. The highest BCUT2D eigenvalue weighted by Crippen LogP contribution is 2.17. The number of hydrogen-bond donors (Lipinski definition) is 3. The third-order valence-corrected chi connectivity index (χ3v) is 3.38. The van der Waals surface area contributed by atoms with Gasteiger partial charge in [-0.05, 0) is 19.9 Å². The molecule has 0 aliphatic heterocycles. The second-order valence-electron chi connectivity index (χ2n) is 4.81. The SMILES string of the molecule is Cc1n[nH]c(C)c1[C@@H](N)C(=O)NCCc1ccnn1C. The summed E-state index contributed by atoms with van der Waals surface area (Å²) in [6, 6.07) is 1.23. The lowest BCUT2D eigenvalue weighted by Crippen LogP contribution is -2.35. The van der Waals surface area contributed by atoms with Gasteiger partial charge in [0.1, 0.15) is 6.04 Å². The highest BCUT2D eigenvalue weighted by molar-refractivity contribution is 5.83. The molecule has 2 rings (SSSR count). The number of H-pyrrole nitrogens is 1. The van der Waals surface area contributed by atoms with E-state index in [0.717, 1.165) is 29.1 Å². The summed E-state index contributed by atoms with van der Waals surface area (Å²) in [5.41, 5.74) is 9.41. The molecular weight excluding hydrogens is 256 g/mol. The second-order valence-corrected chi connectivity index (χ2v) is 4.81. The van der Waals surface area contributed by atoms with E-state index in [1.807, 2.05) is 27.0 Å². The Labute approximate surface area is 117 Å². The molecule has 0 radical (unpaired) electrons. The molecule has 7 nitrogen and oxygen atoms in total. The van der Waals surface area contributed by atoms with E-state index in [2.05, 4.69) is 20.6 Å². The number of aryl methyl sites for hydroxylation is 3. The van der Waals surface area contributed by atoms with E-state index >= 15 is 0 Å². The van der Waals surface area contributed by atoms with Crippen molar-refractivity contribution in [1.29, 1.82) is 0 Å². The number of nitrogens with two attached hydrogens (primary N) is 1. The summed E-state index contributed by atoms with van der Waals surface area (Å²) >= 11 is 0. The van der Waals surface area contributed by atoms with Crippen molar-refractivity contribution in [2.75, 3.05) is 6.54 Å². The topological polar surface area (TPSA) is 102 Å². The van der Waals surface area contributed by atoms with Gasteiger partial charge < -0.3 is 11.1 Å². The van der Waals surface area contributed by atoms with Crippen LogP contribution in [-0.4, -0.2) is 32.4 Å². The van der Waals surface area contributed by atoms with Crippen LogP contribution in [0.4, 0.5) is 0 Å². The van der Waals surface area contributed by atoms with Gasteiger partial charge in [-0.25, -0.2) is 0 Å². The minimum absolute atomic E-state index is 0.195. The number of carbonyl (C=O) groups is 1. The first-order valence-corrected chi connectivity index (χ1v) is 6.52. The molecule has 0 aliphatic carbocycles. The molecule has 0 bridgehead atoms. The first-order valence-electron chi connectivity index (χ1n) is 6.52. The third kappa shape index (κ3) is 2.88. The number of amides is 1. The van der Waals surface area contributed by atoms with Gasteiger partial charge in [-0.15, -0.1) is 0 Å². The average molecular weight is 276 g/mol. The van der Waals surface area contributed by atoms with Crippen molar-refractivity contribution in [1.82, 2.24) is 25.3 Å². The number of aromatic nitrogens is 4. The van der Waals surface area contributed by atoms with E-state index in [9.17, 15) is 4.79 Å². The van der Waals surface area contributed by atoms with Gasteiger partial charge in [0, 0.05) is 43.2 Å². The molecule has 1 atom stereocenters. The Morgan fingerprint density at radius 1 is 1.55 bits per heavy atom. The van der Waals surface area contributed by atoms with Gasteiger partial charge in [-0.3, -0.25) is 14.6 Å². The number of hydrogen-bond acceptors (Lipinski definition) is 4. The fourth-order valence-corrected chi connectivity index (χ4v) is 2.22. The smallest absolute Gasteiger partial charge is 0.241 e. The first kappa shape index (κ1) is 14.3. The molecule has 108 valence electrons. The maximum Gasteiger partial charge on any atom is 0.241 e. The van der Waals surface area contributed by atoms with E-state index in [-0.39, 0.29) is 5.91 Å². The van der Waals surface area contributed by atoms with Crippen LogP contribution in [0.5, 0.6) is 0 Å². The van der Waals surface area contributed by atoms with E-state index in [4.69, 9.17) is 5.73 Å². The Morgan fingerprint density at radius 3 is 2.85 bits per heavy atom. The van der Waals surface area contributed by atoms with Crippen LogP contribution in [-0.2, 0) is 18.3 Å². The fourth-order valence-electron chi connectivity index (χ4n) is 2.22. The van der Waals surface area contributed by atoms with Gasteiger partial charge >= 0.3 is 0 Å². The predicted molar refractivity (Wildman–Crippen MR) is 74.9 cm³/mol. The van der Waals surface area contributed by atoms with E-state index < -0.39 is 6.04 Å². The molecule has 0 unspecified atom stereocenters. The first-order chi connectivity index (χ1) is 9.50. The molecule has 7 heteroatoms. The average Bonchev–Trinajstić information content (AvgIpc) is 2.96. The minimum atomic E-state index is -0.694. The third-order valence-electron chi connectivity index (χ3n) is 3.38. The van der Waals surface area contributed by atoms with Crippen molar-refractivity contribution in [3.63, 3.8) is 0 Å². The van der Waals surface area contributed by atoms with Crippen LogP contribution in [0.15, 0.2) is 12.3 Å². The van der Waals surface area contributed by atoms with Gasteiger partial charge in [-0.2, -0.15) is 10.2 Å². The zero-order valence-electron chi connectivity index (χ0n) is 12.0. The molecule has 0 spiro atoms. The summed E-state index contributed by atoms with van der Waals surface area (Å²) < 4.78 is 1.79. The summed E-state index contributed by atoms with van der Waals surface area (Å²) in [7, 11) is 1.88. The van der Waals surface area contributed by atoms with Crippen molar-refractivity contribution in [3.05, 3.63) is 34.9 Å². The van der Waals surface area contributed by atoms with Crippen molar-refractivity contribution in [2.24, 2.45) is 12.8 Å². The Balaban J connectivity index is 1.91. The largest absolute Gasteiger partial charge is 0.354 e. The van der Waals surface area contributed by atoms with Crippen LogP contribution >= 0.6 is 0 Å². The zero-order chi connectivity index (χ0) is 14.7. The second kappa shape index (κ2) is 5.87. The van der Waals surface area contributed by atoms with Gasteiger partial charge in [0.05, 0.1) is 5.69 Å². The van der Waals surface area contributed by atoms with Crippen LogP contribution in [0.2, 0.25) is 0 Å². The fraction of sp³-hybridized carbons (Fsp3) is 0.462. The van der Waals surface area contributed by atoms with Crippen LogP contribution in [0.3, 0.4) is 0 Å². The Morgan fingerprint density at radius 2 is 2.30 bits per heavy atom. The minimum Gasteiger partial charge on any atom is -0.354 e. The zero-order valence-corrected chi connectivity index (χ0v) is 12.0. The Kier molecular flexibility index (Phi) is 4.19. The van der Waals surface area contributed by atoms with Gasteiger partial charge in [0.25, 0.3) is 0 Å². The Hall–Kier alpha value is -2.15. The molecule has 0 aromatic carbocycles. The molecule has 0 saturated carbocycles. The lowest BCUT2D eigenvalue weighted by Gasteiger charge is -2.12. The molecule has 2 aromatic rings. The highest BCUT2D eigenvalue weighted by atomic mass is 16.2. The molecule has 20 heavy (non-hydrogen) atoms. The normalized spacial score (nSPS) is 12.4. The van der Waals surface area contributed by atoms with Gasteiger partial charge in [0.15, 0.2) is 0 Å². The maximum absolute atomic E-state index is 12.1. The van der Waals surface area contributed by atoms with Crippen LogP contribution in [0, 0.1) is 13.8 Å². The molecule has 0 fully saturated rings. The molecule has 0 saturated heterocycles. The van der Waals surface area contributed by atoms with Crippen molar-refractivity contribution in [3.8, 4) is 0 Å². The molecule has 4 N–H and O–H groups in total. The number of carbonyl (C=O) groups excluding carboxylic acids is 1. The lowest BCUT2D eigenvalue weighted by molar-refractivity contribution is -0.122. The monoisotopic (exact) mass is 276 g/mol. The number of aromatic amines is 1.